The molecule has 9 heterocycles. The monoisotopic (exact) mass is 1560 g/mol. The fraction of sp³-hybridized carbons (Fsp3) is 0.500. The van der Waals surface area contributed by atoms with Gasteiger partial charge < -0.3 is 51.1 Å². The zero-order chi connectivity index (χ0) is 77.9. The number of ether oxygens (including phenoxy) is 1. The topological polar surface area (TPSA) is 266 Å². The molecule has 0 radical (unpaired) electrons. The van der Waals surface area contributed by atoms with Gasteiger partial charge in [0, 0.05) is 101 Å². The first-order valence-corrected chi connectivity index (χ1v) is 42.6. The van der Waals surface area contributed by atoms with E-state index < -0.39 is 29.8 Å². The zero-order valence-corrected chi connectivity index (χ0v) is 67.3. The Labute approximate surface area is 662 Å². The van der Waals surface area contributed by atoms with Crippen LogP contribution in [-0.2, 0) is 33.5 Å². The number of nitrogens with zero attached hydrogens (tertiary/aromatic N) is 8. The number of rotatable bonds is 21. The molecule has 5 aromatic heterocycles. The van der Waals surface area contributed by atoms with Gasteiger partial charge in [-0.15, -0.1) is 34.0 Å². The van der Waals surface area contributed by atoms with Gasteiger partial charge in [0.15, 0.2) is 0 Å². The Morgan fingerprint density at radius 1 is 0.523 bits per heavy atom. The molecule has 6 N–H and O–H groups in total. The van der Waals surface area contributed by atoms with E-state index in [1.54, 1.807) is 55.8 Å². The number of nitrogens with one attached hydrogen (secondary N) is 5. The molecule has 588 valence electrons. The molecule has 6 aliphatic rings. The quantitative estimate of drug-likeness (QED) is 0.0391. The van der Waals surface area contributed by atoms with Crippen LogP contribution in [0.4, 0.5) is 4.39 Å². The summed E-state index contributed by atoms with van der Waals surface area (Å²) in [7, 11) is 3.49. The number of hydrogen-bond acceptors (Lipinski definition) is 18. The molecular weight excluding hydrogens is 1460 g/mol. The third-order valence-electron chi connectivity index (χ3n) is 23.9. The summed E-state index contributed by atoms with van der Waals surface area (Å²) in [5.74, 6) is -0.522. The SMILES string of the molecule is CC[C@@H](C)C(=O)N[C@H](C(=O)N1CCC[C@H]1c1nc(-c2cncc3ccccc23)cs1)C1CCOCC1.CN[C@@H](C)C(=O)N[C@H](C(=O)N1CCC[C@H]1c1nc(-c2ccc(F)c3ccccc23)cs1)C1CCC(C)(O)CC1.CN[C@@H](C)C(=O)N[C@H](C(=O)N1CCC[C@H]1c1nc(-c2nccc3ccccc23)cs1)C1CCCCC1. The number of amides is 6. The Morgan fingerprint density at radius 2 is 0.982 bits per heavy atom. The Hall–Kier alpha value is -8.56. The molecule has 6 amide bonds. The lowest BCUT2D eigenvalue weighted by atomic mass is 9.76. The highest BCUT2D eigenvalue weighted by Gasteiger charge is 2.45. The van der Waals surface area contributed by atoms with Crippen LogP contribution in [0, 0.1) is 29.5 Å². The van der Waals surface area contributed by atoms with Crippen molar-refractivity contribution in [1.82, 2.24) is 66.2 Å². The number of pyridine rings is 2. The molecule has 0 bridgehead atoms. The Balaban J connectivity index is 0.000000146. The van der Waals surface area contributed by atoms with Crippen LogP contribution >= 0.6 is 34.0 Å². The van der Waals surface area contributed by atoms with Crippen molar-refractivity contribution < 1.29 is 43.0 Å². The molecule has 9 aromatic rings. The summed E-state index contributed by atoms with van der Waals surface area (Å²) in [6.07, 6.45) is 21.1. The number of halogens is 1. The second-order valence-corrected chi connectivity index (χ2v) is 33.9. The molecule has 2 saturated carbocycles. The number of carbonyl (C=O) groups is 6. The second-order valence-electron chi connectivity index (χ2n) is 31.2. The average molecular weight is 1570 g/mol. The van der Waals surface area contributed by atoms with Crippen LogP contribution in [0.1, 0.15) is 183 Å². The van der Waals surface area contributed by atoms with Crippen LogP contribution in [0.15, 0.2) is 126 Å². The van der Waals surface area contributed by atoms with Crippen molar-refractivity contribution in [1.29, 1.82) is 0 Å². The van der Waals surface area contributed by atoms with E-state index in [2.05, 4.69) is 71.6 Å². The lowest BCUT2D eigenvalue weighted by Gasteiger charge is -2.39. The fourth-order valence-corrected chi connectivity index (χ4v) is 19.6. The summed E-state index contributed by atoms with van der Waals surface area (Å²) < 4.78 is 19.9. The number of carbonyl (C=O) groups excluding carboxylic acids is 6. The third kappa shape index (κ3) is 18.6. The number of likely N-dealkylation sites (tertiary alicyclic amines) is 3. The van der Waals surface area contributed by atoms with Crippen LogP contribution < -0.4 is 26.6 Å². The number of fused-ring (bicyclic) bond motifs is 3. The summed E-state index contributed by atoms with van der Waals surface area (Å²) in [6, 6.07) is 26.3. The lowest BCUT2D eigenvalue weighted by molar-refractivity contribution is -0.140. The van der Waals surface area contributed by atoms with Crippen LogP contribution in [0.5, 0.6) is 0 Å². The van der Waals surface area contributed by atoms with Crippen LogP contribution in [-0.4, -0.2) is 163 Å². The first kappa shape index (κ1) is 80.5. The molecule has 9 atom stereocenters. The second kappa shape index (κ2) is 36.9. The molecule has 4 saturated heterocycles. The number of benzene rings is 4. The van der Waals surface area contributed by atoms with Gasteiger partial charge in [-0.3, -0.25) is 38.7 Å². The van der Waals surface area contributed by atoms with E-state index in [1.807, 2.05) is 115 Å². The maximum Gasteiger partial charge on any atom is 0.246 e. The molecule has 15 rings (SSSR count). The molecule has 2 aliphatic carbocycles. The van der Waals surface area contributed by atoms with Gasteiger partial charge in [0.1, 0.15) is 44.7 Å². The number of hydrogen-bond donors (Lipinski definition) is 6. The summed E-state index contributed by atoms with van der Waals surface area (Å²) in [6.45, 7) is 12.6. The minimum Gasteiger partial charge on any atom is -0.390 e. The van der Waals surface area contributed by atoms with Crippen LogP contribution in [0.2, 0.25) is 0 Å². The zero-order valence-electron chi connectivity index (χ0n) is 64.8. The van der Waals surface area contributed by atoms with Crippen LogP contribution in [0.3, 0.4) is 0 Å². The molecular formula is C86H106FN13O8S3. The molecule has 4 aromatic carbocycles. The predicted octanol–water partition coefficient (Wildman–Crippen LogP) is 14.5. The van der Waals surface area contributed by atoms with Crippen molar-refractivity contribution in [2.75, 3.05) is 46.9 Å². The average Bonchev–Trinajstić information content (AvgIpc) is 1.67. The summed E-state index contributed by atoms with van der Waals surface area (Å²) in [5, 5.41) is 40.4. The highest BCUT2D eigenvalue weighted by molar-refractivity contribution is 7.10. The van der Waals surface area contributed by atoms with E-state index in [9.17, 15) is 38.3 Å². The molecule has 21 nitrogen and oxygen atoms in total. The molecule has 25 heteroatoms. The third-order valence-corrected chi connectivity index (χ3v) is 26.7. The van der Waals surface area contributed by atoms with Gasteiger partial charge in [-0.25, -0.2) is 19.3 Å². The Kier molecular flexibility index (Phi) is 26.8. The van der Waals surface area contributed by atoms with Crippen molar-refractivity contribution in [3.63, 3.8) is 0 Å². The minimum absolute atomic E-state index is 0.0182. The van der Waals surface area contributed by atoms with E-state index in [1.165, 1.54) is 23.8 Å². The minimum atomic E-state index is -0.732. The van der Waals surface area contributed by atoms with Crippen molar-refractivity contribution in [3.05, 3.63) is 147 Å². The van der Waals surface area contributed by atoms with Gasteiger partial charge in [0.25, 0.3) is 0 Å². The number of thiazole rings is 3. The van der Waals surface area contributed by atoms with E-state index in [4.69, 9.17) is 19.7 Å². The molecule has 0 spiro atoms. The Morgan fingerprint density at radius 3 is 1.52 bits per heavy atom. The summed E-state index contributed by atoms with van der Waals surface area (Å²) >= 11 is 4.72. The van der Waals surface area contributed by atoms with E-state index >= 15 is 0 Å². The first-order chi connectivity index (χ1) is 53.8. The summed E-state index contributed by atoms with van der Waals surface area (Å²) in [4.78, 5) is 110. The number of aromatic nitrogens is 5. The first-order valence-electron chi connectivity index (χ1n) is 40.0. The molecule has 111 heavy (non-hydrogen) atoms. The predicted molar refractivity (Wildman–Crippen MR) is 437 cm³/mol. The van der Waals surface area contributed by atoms with Gasteiger partial charge in [-0.2, -0.15) is 0 Å². The normalized spacial score (nSPS) is 22.0. The standard InChI is InChI=1S/C30H37FN4O3S.C28H35N5O2S.C28H34N4O3S/c1-18(32-3)27(36)34-26(19-12-14-30(2,38)15-13-19)29(37)35-16-6-9-25(35)28-33-24(17-39-28)22-10-11-23(31)21-8-5-4-7-20(21)22;1-18(29-2)26(34)32-24(20-10-4-3-5-11-20)28(35)33-16-8-13-23(33)27-31-22(17-36-27)25-21-12-7-6-9-19(21)14-15-30-25;1-3-18(2)26(33)31-25(19-10-13-35-14-11-19)28(34)32-12-6-9-24(32)27-30-23(17-36-27)22-16-29-15-20-7-4-5-8-21(20)22/h4-5,7-8,10-11,17-19,25-26,32,38H,6,9,12-16H2,1-3H3,(H,34,36);6-7,9,12,14-15,17-18,20,23-24,29H,3-5,8,10-11,13,16H2,1-2H3,(H,32,34);4-5,7-8,15-19,24-25H,3,6,9-14H2,1-2H3,(H,31,33)/t18-,19?,25-,26-,30?;18-,23-,24-;18-,24+,25+/m001/s1. The smallest absolute Gasteiger partial charge is 0.246 e. The maximum atomic E-state index is 14.4. The van der Waals surface area contributed by atoms with Crippen molar-refractivity contribution >= 4 is 102 Å². The largest absolute Gasteiger partial charge is 0.390 e. The summed E-state index contributed by atoms with van der Waals surface area (Å²) in [5.41, 5.74) is 4.53. The number of aliphatic hydroxyl groups is 1. The molecule has 0 unspecified atom stereocenters. The van der Waals surface area contributed by atoms with Gasteiger partial charge in [0.05, 0.1) is 52.9 Å². The molecule has 6 fully saturated rings. The maximum absolute atomic E-state index is 14.4. The van der Waals surface area contributed by atoms with Gasteiger partial charge in [-0.1, -0.05) is 106 Å². The lowest BCUT2D eigenvalue weighted by Crippen LogP contribution is -2.56. The van der Waals surface area contributed by atoms with Crippen molar-refractivity contribution in [2.45, 2.75) is 204 Å². The van der Waals surface area contributed by atoms with Crippen LogP contribution in [0.25, 0.3) is 66.2 Å². The van der Waals surface area contributed by atoms with E-state index in [0.717, 1.165) is 159 Å². The highest BCUT2D eigenvalue weighted by Crippen LogP contribution is 2.44. The fourth-order valence-electron chi connectivity index (χ4n) is 16.8. The van der Waals surface area contributed by atoms with Crippen molar-refractivity contribution in [3.8, 4) is 33.9 Å². The van der Waals surface area contributed by atoms with Gasteiger partial charge in [-0.05, 0) is 183 Å². The van der Waals surface area contributed by atoms with Gasteiger partial charge >= 0.3 is 0 Å². The van der Waals surface area contributed by atoms with E-state index in [0.29, 0.717) is 63.9 Å². The van der Waals surface area contributed by atoms with Gasteiger partial charge in [0.2, 0.25) is 35.4 Å². The molecule has 4 aliphatic heterocycles. The van der Waals surface area contributed by atoms with Crippen molar-refractivity contribution in [2.24, 2.45) is 23.7 Å². The van der Waals surface area contributed by atoms with E-state index in [-0.39, 0.29) is 89.1 Å². The Bertz CT molecular complexity index is 4520. The number of likely N-dealkylation sites (N-methyl/N-ethyl adjacent to an activating group) is 2. The highest BCUT2D eigenvalue weighted by atomic mass is 32.1.